The van der Waals surface area contributed by atoms with Gasteiger partial charge in [0, 0.05) is 31.6 Å². The van der Waals surface area contributed by atoms with Crippen LogP contribution < -0.4 is 0 Å². The lowest BCUT2D eigenvalue weighted by molar-refractivity contribution is -0.131. The fraction of sp³-hybridized carbons (Fsp3) is 0.421. The van der Waals surface area contributed by atoms with Gasteiger partial charge in [0.1, 0.15) is 5.76 Å². The van der Waals surface area contributed by atoms with Crippen LogP contribution in [0.2, 0.25) is 5.02 Å². The summed E-state index contributed by atoms with van der Waals surface area (Å²) in [5.41, 5.74) is 0. The highest BCUT2D eigenvalue weighted by atomic mass is 35.5. The zero-order valence-electron chi connectivity index (χ0n) is 15.2. The molecule has 27 heavy (non-hydrogen) atoms. The summed E-state index contributed by atoms with van der Waals surface area (Å²) in [4.78, 5) is 14.3. The average Bonchev–Trinajstić information content (AvgIpc) is 3.15. The summed E-state index contributed by atoms with van der Waals surface area (Å²) >= 11 is 5.83. The fourth-order valence-corrected chi connectivity index (χ4v) is 4.83. The molecule has 0 bridgehead atoms. The second-order valence-corrected chi connectivity index (χ2v) is 9.21. The van der Waals surface area contributed by atoms with Crippen molar-refractivity contribution >= 4 is 27.5 Å². The Balaban J connectivity index is 1.52. The molecule has 0 aliphatic carbocycles. The van der Waals surface area contributed by atoms with Crippen molar-refractivity contribution in [3.63, 3.8) is 0 Å². The SMILES string of the molecule is CN(Cc1ccco1)C(=O)CC1CCN(S(=O)(=O)c2ccc(Cl)cc2)CC1. The minimum absolute atomic E-state index is 0.0467. The van der Waals surface area contributed by atoms with E-state index in [1.165, 1.54) is 16.4 Å². The van der Waals surface area contributed by atoms with Crippen LogP contribution in [-0.4, -0.2) is 43.7 Å². The summed E-state index contributed by atoms with van der Waals surface area (Å²) in [5, 5.41) is 0.504. The van der Waals surface area contributed by atoms with E-state index in [0.29, 0.717) is 43.9 Å². The number of amides is 1. The Kier molecular flexibility index (Phi) is 6.24. The Morgan fingerprint density at radius 3 is 2.48 bits per heavy atom. The van der Waals surface area contributed by atoms with E-state index in [2.05, 4.69) is 0 Å². The second kappa shape index (κ2) is 8.46. The fourth-order valence-electron chi connectivity index (χ4n) is 3.24. The largest absolute Gasteiger partial charge is 0.467 e. The lowest BCUT2D eigenvalue weighted by Crippen LogP contribution is -2.39. The topological polar surface area (TPSA) is 70.8 Å². The van der Waals surface area contributed by atoms with Crippen molar-refractivity contribution in [1.82, 2.24) is 9.21 Å². The zero-order chi connectivity index (χ0) is 19.4. The molecule has 3 rings (SSSR count). The maximum atomic E-state index is 12.7. The van der Waals surface area contributed by atoms with Gasteiger partial charge in [-0.2, -0.15) is 4.31 Å². The first-order valence-electron chi connectivity index (χ1n) is 8.88. The molecule has 146 valence electrons. The standard InChI is InChI=1S/C19H23ClN2O4S/c1-21(14-17-3-2-12-26-17)19(23)13-15-8-10-22(11-9-15)27(24,25)18-6-4-16(20)5-7-18/h2-7,12,15H,8-11,13-14H2,1H3. The van der Waals surface area contributed by atoms with Crippen LogP contribution in [0.1, 0.15) is 25.0 Å². The van der Waals surface area contributed by atoms with Crippen molar-refractivity contribution in [2.24, 2.45) is 5.92 Å². The van der Waals surface area contributed by atoms with Gasteiger partial charge in [-0.05, 0) is 55.2 Å². The number of sulfonamides is 1. The number of benzene rings is 1. The van der Waals surface area contributed by atoms with E-state index in [0.717, 1.165) is 5.76 Å². The van der Waals surface area contributed by atoms with Crippen LogP contribution >= 0.6 is 11.6 Å². The zero-order valence-corrected chi connectivity index (χ0v) is 16.7. The van der Waals surface area contributed by atoms with Crippen LogP contribution in [0.4, 0.5) is 0 Å². The third kappa shape index (κ3) is 4.91. The molecule has 1 fully saturated rings. The minimum atomic E-state index is -3.51. The van der Waals surface area contributed by atoms with Crippen LogP contribution in [0.15, 0.2) is 52.0 Å². The lowest BCUT2D eigenvalue weighted by Gasteiger charge is -2.31. The Morgan fingerprint density at radius 2 is 1.89 bits per heavy atom. The molecule has 0 radical (unpaired) electrons. The smallest absolute Gasteiger partial charge is 0.243 e. The number of hydrogen-bond donors (Lipinski definition) is 0. The van der Waals surface area contributed by atoms with Crippen molar-refractivity contribution in [2.45, 2.75) is 30.7 Å². The molecule has 0 spiro atoms. The molecule has 0 saturated carbocycles. The van der Waals surface area contributed by atoms with Gasteiger partial charge in [-0.15, -0.1) is 0 Å². The summed E-state index contributed by atoms with van der Waals surface area (Å²) in [5.74, 6) is 0.980. The first-order valence-corrected chi connectivity index (χ1v) is 10.7. The number of nitrogens with zero attached hydrogens (tertiary/aromatic N) is 2. The third-order valence-corrected chi connectivity index (χ3v) is 7.05. The molecule has 1 amide bonds. The van der Waals surface area contributed by atoms with Gasteiger partial charge in [0.15, 0.2) is 0 Å². The van der Waals surface area contributed by atoms with E-state index < -0.39 is 10.0 Å². The molecule has 0 N–H and O–H groups in total. The predicted octanol–water partition coefficient (Wildman–Crippen LogP) is 3.38. The predicted molar refractivity (Wildman–Crippen MR) is 103 cm³/mol. The molecule has 8 heteroatoms. The molecule has 1 aliphatic heterocycles. The summed E-state index contributed by atoms with van der Waals surface area (Å²) in [6, 6.07) is 9.84. The van der Waals surface area contributed by atoms with Crippen molar-refractivity contribution in [3.05, 3.63) is 53.4 Å². The Bertz CT molecular complexity index is 858. The molecular weight excluding hydrogens is 388 g/mol. The van der Waals surface area contributed by atoms with Gasteiger partial charge >= 0.3 is 0 Å². The van der Waals surface area contributed by atoms with Crippen LogP contribution in [-0.2, 0) is 21.4 Å². The monoisotopic (exact) mass is 410 g/mol. The second-order valence-electron chi connectivity index (χ2n) is 6.83. The molecular formula is C19H23ClN2O4S. The van der Waals surface area contributed by atoms with E-state index in [1.54, 1.807) is 36.4 Å². The molecule has 2 aromatic rings. The molecule has 1 saturated heterocycles. The van der Waals surface area contributed by atoms with Crippen molar-refractivity contribution in [2.75, 3.05) is 20.1 Å². The van der Waals surface area contributed by atoms with Gasteiger partial charge in [-0.25, -0.2) is 8.42 Å². The van der Waals surface area contributed by atoms with E-state index in [4.69, 9.17) is 16.0 Å². The maximum absolute atomic E-state index is 12.7. The summed E-state index contributed by atoms with van der Waals surface area (Å²) < 4.78 is 32.2. The van der Waals surface area contributed by atoms with Gasteiger partial charge in [0.05, 0.1) is 17.7 Å². The third-order valence-electron chi connectivity index (χ3n) is 4.89. The van der Waals surface area contributed by atoms with Crippen LogP contribution in [0, 0.1) is 5.92 Å². The molecule has 0 unspecified atom stereocenters. The molecule has 1 aromatic carbocycles. The van der Waals surface area contributed by atoms with Gasteiger partial charge < -0.3 is 9.32 Å². The van der Waals surface area contributed by atoms with E-state index in [1.807, 2.05) is 6.07 Å². The maximum Gasteiger partial charge on any atom is 0.243 e. The Morgan fingerprint density at radius 1 is 1.22 bits per heavy atom. The summed E-state index contributed by atoms with van der Waals surface area (Å²) in [6.07, 6.45) is 3.36. The summed E-state index contributed by atoms with van der Waals surface area (Å²) in [6.45, 7) is 1.28. The molecule has 0 atom stereocenters. The number of rotatable bonds is 6. The Labute approximate surface area is 164 Å². The van der Waals surface area contributed by atoms with Crippen molar-refractivity contribution < 1.29 is 17.6 Å². The minimum Gasteiger partial charge on any atom is -0.467 e. The van der Waals surface area contributed by atoms with Gasteiger partial charge in [-0.3, -0.25) is 4.79 Å². The molecule has 2 heterocycles. The number of halogens is 1. The van der Waals surface area contributed by atoms with Crippen molar-refractivity contribution in [3.8, 4) is 0 Å². The average molecular weight is 411 g/mol. The van der Waals surface area contributed by atoms with E-state index >= 15 is 0 Å². The highest BCUT2D eigenvalue weighted by molar-refractivity contribution is 7.89. The number of furan rings is 1. The van der Waals surface area contributed by atoms with E-state index in [9.17, 15) is 13.2 Å². The highest BCUT2D eigenvalue weighted by Gasteiger charge is 2.30. The van der Waals surface area contributed by atoms with Gasteiger partial charge in [0.2, 0.25) is 15.9 Å². The first-order chi connectivity index (χ1) is 12.9. The van der Waals surface area contributed by atoms with Crippen molar-refractivity contribution in [1.29, 1.82) is 0 Å². The normalized spacial score (nSPS) is 16.4. The summed E-state index contributed by atoms with van der Waals surface area (Å²) in [7, 11) is -1.76. The quantitative estimate of drug-likeness (QED) is 0.731. The number of carbonyl (C=O) groups is 1. The Hall–Kier alpha value is -1.83. The first kappa shape index (κ1) is 19.9. The molecule has 1 aromatic heterocycles. The van der Waals surface area contributed by atoms with Gasteiger partial charge in [-0.1, -0.05) is 11.6 Å². The molecule has 6 nitrogen and oxygen atoms in total. The number of hydrogen-bond acceptors (Lipinski definition) is 4. The lowest BCUT2D eigenvalue weighted by atomic mass is 9.94. The van der Waals surface area contributed by atoms with Gasteiger partial charge in [0.25, 0.3) is 0 Å². The number of carbonyl (C=O) groups excluding carboxylic acids is 1. The number of piperidine rings is 1. The van der Waals surface area contributed by atoms with Crippen LogP contribution in [0.3, 0.4) is 0 Å². The van der Waals surface area contributed by atoms with Crippen LogP contribution in [0.25, 0.3) is 0 Å². The van der Waals surface area contributed by atoms with E-state index in [-0.39, 0.29) is 16.7 Å². The highest BCUT2D eigenvalue weighted by Crippen LogP contribution is 2.26. The van der Waals surface area contributed by atoms with Crippen LogP contribution in [0.5, 0.6) is 0 Å². The molecule has 1 aliphatic rings.